The lowest BCUT2D eigenvalue weighted by Gasteiger charge is -2.16. The van der Waals surface area contributed by atoms with E-state index >= 15 is 0 Å². The number of rotatable bonds is 4. The van der Waals surface area contributed by atoms with Gasteiger partial charge in [-0.3, -0.25) is 0 Å². The van der Waals surface area contributed by atoms with Crippen molar-refractivity contribution in [3.8, 4) is 0 Å². The molecule has 0 amide bonds. The minimum Gasteiger partial charge on any atom is -0.331 e. The van der Waals surface area contributed by atoms with Crippen LogP contribution in [0.2, 0.25) is 0 Å². The lowest BCUT2D eigenvalue weighted by atomic mass is 10.1. The zero-order valence-electron chi connectivity index (χ0n) is 10.8. The van der Waals surface area contributed by atoms with Crippen molar-refractivity contribution < 1.29 is 0 Å². The van der Waals surface area contributed by atoms with Crippen LogP contribution in [-0.4, -0.2) is 9.55 Å². The summed E-state index contributed by atoms with van der Waals surface area (Å²) in [5.74, 6) is 0. The highest BCUT2D eigenvalue weighted by Gasteiger charge is 2.12. The van der Waals surface area contributed by atoms with Crippen LogP contribution in [0.25, 0.3) is 11.0 Å². The molecule has 0 saturated carbocycles. The average Bonchev–Trinajstić information content (AvgIpc) is 2.61. The van der Waals surface area contributed by atoms with E-state index in [-0.39, 0.29) is 0 Å². The van der Waals surface area contributed by atoms with Crippen molar-refractivity contribution in [2.45, 2.75) is 46.1 Å². The maximum Gasteiger partial charge on any atom is 0.178 e. The Morgan fingerprint density at radius 3 is 2.76 bits per heavy atom. The molecule has 17 heavy (non-hydrogen) atoms. The average molecular weight is 248 g/mol. The van der Waals surface area contributed by atoms with Crippen LogP contribution in [0, 0.1) is 11.7 Å². The van der Waals surface area contributed by atoms with Crippen LogP contribution in [0.3, 0.4) is 0 Å². The predicted molar refractivity (Wildman–Crippen MR) is 76.1 cm³/mol. The summed E-state index contributed by atoms with van der Waals surface area (Å²) in [7, 11) is 0. The van der Waals surface area contributed by atoms with Crippen molar-refractivity contribution in [2.24, 2.45) is 0 Å². The molecule has 3 heteroatoms. The molecule has 0 aliphatic rings. The van der Waals surface area contributed by atoms with Crippen molar-refractivity contribution in [2.75, 3.05) is 0 Å². The molecular formula is C14H20N2S. The van der Waals surface area contributed by atoms with Gasteiger partial charge in [-0.2, -0.15) is 0 Å². The van der Waals surface area contributed by atoms with Crippen LogP contribution in [0.1, 0.15) is 44.7 Å². The Morgan fingerprint density at radius 2 is 2.12 bits per heavy atom. The fraction of sp³-hybridized carbons (Fsp3) is 0.500. The number of H-pyrrole nitrogens is 1. The summed E-state index contributed by atoms with van der Waals surface area (Å²) in [6, 6.07) is 7.01. The largest absolute Gasteiger partial charge is 0.331 e. The van der Waals surface area contributed by atoms with E-state index in [0.29, 0.717) is 6.04 Å². The summed E-state index contributed by atoms with van der Waals surface area (Å²) >= 11 is 5.46. The third-order valence-corrected chi connectivity index (χ3v) is 3.63. The molecule has 1 atom stereocenters. The van der Waals surface area contributed by atoms with Crippen molar-refractivity contribution in [1.29, 1.82) is 0 Å². The Hall–Kier alpha value is -1.09. The molecule has 0 bridgehead atoms. The Morgan fingerprint density at radius 1 is 1.35 bits per heavy atom. The van der Waals surface area contributed by atoms with E-state index in [1.54, 1.807) is 0 Å². The van der Waals surface area contributed by atoms with Gasteiger partial charge in [0.2, 0.25) is 0 Å². The van der Waals surface area contributed by atoms with Gasteiger partial charge in [0.25, 0.3) is 0 Å². The standard InChI is InChI=1S/C14H20N2S/c1-4-6-11(5-2)16-13-8-7-10(3)9-12(13)15-14(16)17/h7-9,11H,4-6H2,1-3H3,(H,15,17). The number of aromatic amines is 1. The molecule has 0 saturated heterocycles. The molecule has 0 fully saturated rings. The van der Waals surface area contributed by atoms with Gasteiger partial charge in [-0.05, 0) is 49.7 Å². The maximum atomic E-state index is 5.46. The second-order valence-electron chi connectivity index (χ2n) is 4.67. The molecule has 2 rings (SSSR count). The monoisotopic (exact) mass is 248 g/mol. The number of hydrogen-bond acceptors (Lipinski definition) is 1. The fourth-order valence-electron chi connectivity index (χ4n) is 2.46. The zero-order valence-corrected chi connectivity index (χ0v) is 11.6. The molecule has 1 N–H and O–H groups in total. The first-order chi connectivity index (χ1) is 8.17. The SMILES string of the molecule is CCCC(CC)n1c(=S)[nH]c2cc(C)ccc21. The van der Waals surface area contributed by atoms with Gasteiger partial charge >= 0.3 is 0 Å². The summed E-state index contributed by atoms with van der Waals surface area (Å²) in [5, 5.41) is 0. The minimum absolute atomic E-state index is 0.518. The molecule has 2 nitrogen and oxygen atoms in total. The van der Waals surface area contributed by atoms with E-state index < -0.39 is 0 Å². The van der Waals surface area contributed by atoms with E-state index in [1.807, 2.05) is 0 Å². The lowest BCUT2D eigenvalue weighted by Crippen LogP contribution is -2.07. The molecule has 0 spiro atoms. The third kappa shape index (κ3) is 2.29. The number of benzene rings is 1. The van der Waals surface area contributed by atoms with Gasteiger partial charge < -0.3 is 9.55 Å². The van der Waals surface area contributed by atoms with Gasteiger partial charge in [0, 0.05) is 6.04 Å². The fourth-order valence-corrected chi connectivity index (χ4v) is 2.81. The van der Waals surface area contributed by atoms with Crippen LogP contribution in [-0.2, 0) is 0 Å². The molecule has 2 aromatic rings. The van der Waals surface area contributed by atoms with Gasteiger partial charge in [-0.25, -0.2) is 0 Å². The lowest BCUT2D eigenvalue weighted by molar-refractivity contribution is 0.454. The predicted octanol–water partition coefficient (Wildman–Crippen LogP) is 4.76. The zero-order chi connectivity index (χ0) is 12.4. The van der Waals surface area contributed by atoms with Gasteiger partial charge in [0.1, 0.15) is 0 Å². The van der Waals surface area contributed by atoms with E-state index in [4.69, 9.17) is 12.2 Å². The first kappa shape index (κ1) is 12.4. The molecule has 1 aromatic carbocycles. The normalized spacial score (nSPS) is 13.1. The Kier molecular flexibility index (Phi) is 3.67. The number of nitrogens with zero attached hydrogens (tertiary/aromatic N) is 1. The smallest absolute Gasteiger partial charge is 0.178 e. The van der Waals surface area contributed by atoms with E-state index in [2.05, 4.69) is 48.5 Å². The first-order valence-corrected chi connectivity index (χ1v) is 6.79. The van der Waals surface area contributed by atoms with Crippen molar-refractivity contribution >= 4 is 23.3 Å². The number of fused-ring (bicyclic) bond motifs is 1. The topological polar surface area (TPSA) is 20.7 Å². The van der Waals surface area contributed by atoms with Crippen LogP contribution in [0.5, 0.6) is 0 Å². The van der Waals surface area contributed by atoms with Crippen molar-refractivity contribution in [1.82, 2.24) is 9.55 Å². The quantitative estimate of drug-likeness (QED) is 0.774. The van der Waals surface area contributed by atoms with Crippen molar-refractivity contribution in [3.05, 3.63) is 28.5 Å². The van der Waals surface area contributed by atoms with E-state index in [9.17, 15) is 0 Å². The summed E-state index contributed by atoms with van der Waals surface area (Å²) in [6.07, 6.45) is 3.51. The van der Waals surface area contributed by atoms with Crippen LogP contribution < -0.4 is 0 Å². The second-order valence-corrected chi connectivity index (χ2v) is 5.06. The van der Waals surface area contributed by atoms with E-state index in [1.165, 1.54) is 23.9 Å². The number of imidazole rings is 1. The second kappa shape index (κ2) is 5.05. The highest BCUT2D eigenvalue weighted by Crippen LogP contribution is 2.25. The molecule has 1 unspecified atom stereocenters. The maximum absolute atomic E-state index is 5.46. The highest BCUT2D eigenvalue weighted by atomic mass is 32.1. The first-order valence-electron chi connectivity index (χ1n) is 6.38. The number of aromatic nitrogens is 2. The molecule has 1 aromatic heterocycles. The summed E-state index contributed by atoms with van der Waals surface area (Å²) in [6.45, 7) is 6.57. The molecule has 0 aliphatic heterocycles. The van der Waals surface area contributed by atoms with Crippen LogP contribution >= 0.6 is 12.2 Å². The Bertz CT molecular complexity index is 565. The third-order valence-electron chi connectivity index (χ3n) is 3.33. The van der Waals surface area contributed by atoms with Crippen LogP contribution in [0.4, 0.5) is 0 Å². The molecule has 1 heterocycles. The number of hydrogen-bond donors (Lipinski definition) is 1. The molecular weight excluding hydrogens is 228 g/mol. The number of nitrogens with one attached hydrogen (secondary N) is 1. The minimum atomic E-state index is 0.518. The van der Waals surface area contributed by atoms with Gasteiger partial charge in [-0.15, -0.1) is 0 Å². The van der Waals surface area contributed by atoms with Gasteiger partial charge in [0.15, 0.2) is 4.77 Å². The highest BCUT2D eigenvalue weighted by molar-refractivity contribution is 7.71. The molecule has 0 radical (unpaired) electrons. The summed E-state index contributed by atoms with van der Waals surface area (Å²) in [4.78, 5) is 3.32. The summed E-state index contributed by atoms with van der Waals surface area (Å²) < 4.78 is 3.14. The number of aryl methyl sites for hydroxylation is 1. The Balaban J connectivity index is 2.59. The molecule has 0 aliphatic carbocycles. The van der Waals surface area contributed by atoms with Crippen LogP contribution in [0.15, 0.2) is 18.2 Å². The van der Waals surface area contributed by atoms with E-state index in [0.717, 1.165) is 16.7 Å². The van der Waals surface area contributed by atoms with Crippen molar-refractivity contribution in [3.63, 3.8) is 0 Å². The Labute approximate surface area is 108 Å². The molecule has 92 valence electrons. The van der Waals surface area contributed by atoms with Gasteiger partial charge in [0.05, 0.1) is 11.0 Å². The van der Waals surface area contributed by atoms with Gasteiger partial charge in [-0.1, -0.05) is 26.3 Å². The summed E-state index contributed by atoms with van der Waals surface area (Å²) in [5.41, 5.74) is 3.66.